The van der Waals surface area contributed by atoms with Crippen LogP contribution < -0.4 is 9.80 Å². The second kappa shape index (κ2) is 16.7. The molecule has 0 heterocycles. The Hall–Kier alpha value is -8.98. The van der Waals surface area contributed by atoms with E-state index in [2.05, 4.69) is 289 Å². The Bertz CT molecular complexity index is 3640. The number of para-hydroxylation sites is 1. The third-order valence-electron chi connectivity index (χ3n) is 14.3. The zero-order valence-corrected chi connectivity index (χ0v) is 38.0. The fourth-order valence-electron chi connectivity index (χ4n) is 11.3. The summed E-state index contributed by atoms with van der Waals surface area (Å²) in [6, 6.07) is 102. The van der Waals surface area contributed by atoms with Crippen LogP contribution in [0.5, 0.6) is 0 Å². The lowest BCUT2D eigenvalue weighted by Gasteiger charge is -2.32. The first kappa shape index (κ1) is 40.3. The van der Waals surface area contributed by atoms with Crippen molar-refractivity contribution in [3.05, 3.63) is 301 Å². The number of anilines is 6. The molecule has 0 saturated heterocycles. The molecule has 0 fully saturated rings. The minimum Gasteiger partial charge on any atom is -0.310 e. The van der Waals surface area contributed by atoms with Crippen molar-refractivity contribution >= 4 is 34.1 Å². The molecule has 0 aromatic heterocycles. The Kier molecular flexibility index (Phi) is 9.77. The van der Waals surface area contributed by atoms with Crippen molar-refractivity contribution in [1.29, 1.82) is 0 Å². The lowest BCUT2D eigenvalue weighted by atomic mass is 9.70. The highest BCUT2D eigenvalue weighted by molar-refractivity contribution is 6.04. The summed E-state index contributed by atoms with van der Waals surface area (Å²) in [5.41, 5.74) is 23.4. The van der Waals surface area contributed by atoms with Crippen LogP contribution in [-0.4, -0.2) is 0 Å². The van der Waals surface area contributed by atoms with E-state index in [4.69, 9.17) is 0 Å². The SMILES string of the molecule is c1ccc(-c2ccc(N(c3ccccc3)c3cccc4c3-c3ccccc3C43c4ccccc4-c4c(N(c5ccc(-c6ccccc6)cc5)c5cccc(-c6ccccc6)c5)cccc43)cc2)cc1. The summed E-state index contributed by atoms with van der Waals surface area (Å²) in [6.07, 6.45) is 0. The van der Waals surface area contributed by atoms with Gasteiger partial charge in [-0.25, -0.2) is 0 Å². The highest BCUT2D eigenvalue weighted by Gasteiger charge is 2.53. The molecule has 2 nitrogen and oxygen atoms in total. The summed E-state index contributed by atoms with van der Waals surface area (Å²) in [4.78, 5) is 4.92. The fourth-order valence-corrected chi connectivity index (χ4v) is 11.3. The van der Waals surface area contributed by atoms with Gasteiger partial charge in [0.2, 0.25) is 0 Å². The van der Waals surface area contributed by atoms with Gasteiger partial charge in [0.25, 0.3) is 0 Å². The van der Waals surface area contributed by atoms with Crippen molar-refractivity contribution < 1.29 is 0 Å². The highest BCUT2D eigenvalue weighted by Crippen LogP contribution is 2.66. The van der Waals surface area contributed by atoms with Crippen LogP contribution in [0.1, 0.15) is 22.3 Å². The molecule has 11 aromatic rings. The Balaban J connectivity index is 1.04. The van der Waals surface area contributed by atoms with Crippen LogP contribution in [0.3, 0.4) is 0 Å². The number of hydrogen-bond acceptors (Lipinski definition) is 2. The Morgan fingerprint density at radius 2 is 0.536 bits per heavy atom. The van der Waals surface area contributed by atoms with E-state index in [-0.39, 0.29) is 0 Å². The predicted molar refractivity (Wildman–Crippen MR) is 288 cm³/mol. The van der Waals surface area contributed by atoms with Gasteiger partial charge < -0.3 is 9.80 Å². The van der Waals surface area contributed by atoms with Crippen molar-refractivity contribution in [2.75, 3.05) is 9.80 Å². The summed E-state index contributed by atoms with van der Waals surface area (Å²) in [5.74, 6) is 0. The zero-order chi connectivity index (χ0) is 45.7. The number of hydrogen-bond donors (Lipinski definition) is 0. The van der Waals surface area contributed by atoms with Gasteiger partial charge in [0, 0.05) is 33.9 Å². The lowest BCUT2D eigenvalue weighted by molar-refractivity contribution is 0.793. The minimum absolute atomic E-state index is 0.585. The van der Waals surface area contributed by atoms with Crippen LogP contribution in [0.4, 0.5) is 34.1 Å². The van der Waals surface area contributed by atoms with Gasteiger partial charge in [-0.2, -0.15) is 0 Å². The Labute approximate surface area is 404 Å². The summed E-state index contributed by atoms with van der Waals surface area (Å²) in [5, 5.41) is 0. The van der Waals surface area contributed by atoms with E-state index in [1.165, 1.54) is 77.9 Å². The van der Waals surface area contributed by atoms with Crippen LogP contribution in [0.15, 0.2) is 279 Å². The van der Waals surface area contributed by atoms with E-state index in [1.54, 1.807) is 0 Å². The van der Waals surface area contributed by atoms with Crippen molar-refractivity contribution in [3.8, 4) is 55.6 Å². The molecule has 2 heteroatoms. The molecule has 2 aliphatic rings. The number of benzene rings is 11. The van der Waals surface area contributed by atoms with Crippen molar-refractivity contribution in [2.45, 2.75) is 5.41 Å². The molecule has 1 atom stereocenters. The summed E-state index contributed by atoms with van der Waals surface area (Å²) in [7, 11) is 0. The lowest BCUT2D eigenvalue weighted by Crippen LogP contribution is -2.26. The van der Waals surface area contributed by atoms with E-state index in [0.717, 1.165) is 34.1 Å². The number of rotatable bonds is 9. The topological polar surface area (TPSA) is 6.48 Å². The molecule has 2 aliphatic carbocycles. The molecule has 1 spiro atoms. The first-order chi connectivity index (χ1) is 34.3. The second-order valence-corrected chi connectivity index (χ2v) is 18.0. The second-order valence-electron chi connectivity index (χ2n) is 18.0. The number of nitrogens with zero attached hydrogens (tertiary/aromatic N) is 2. The molecule has 0 bridgehead atoms. The summed E-state index contributed by atoms with van der Waals surface area (Å²) >= 11 is 0. The maximum absolute atomic E-state index is 2.48. The van der Waals surface area contributed by atoms with Crippen LogP contribution in [-0.2, 0) is 5.41 Å². The molecule has 0 saturated carbocycles. The predicted octanol–water partition coefficient (Wildman–Crippen LogP) is 18.0. The largest absolute Gasteiger partial charge is 0.310 e. The average molecular weight is 879 g/mol. The van der Waals surface area contributed by atoms with Crippen LogP contribution in [0.25, 0.3) is 55.6 Å². The van der Waals surface area contributed by atoms with Gasteiger partial charge >= 0.3 is 0 Å². The summed E-state index contributed by atoms with van der Waals surface area (Å²) < 4.78 is 0. The first-order valence-electron chi connectivity index (χ1n) is 23.8. The van der Waals surface area contributed by atoms with Crippen molar-refractivity contribution in [1.82, 2.24) is 0 Å². The van der Waals surface area contributed by atoms with Gasteiger partial charge in [-0.05, 0) is 127 Å². The van der Waals surface area contributed by atoms with Crippen LogP contribution in [0, 0.1) is 0 Å². The quantitative estimate of drug-likeness (QED) is 0.143. The molecule has 11 aromatic carbocycles. The highest BCUT2D eigenvalue weighted by atomic mass is 15.2. The fraction of sp³-hybridized carbons (Fsp3) is 0.0149. The molecule has 1 unspecified atom stereocenters. The van der Waals surface area contributed by atoms with Crippen LogP contribution in [0.2, 0.25) is 0 Å². The molecule has 324 valence electrons. The molecule has 69 heavy (non-hydrogen) atoms. The third kappa shape index (κ3) is 6.56. The maximum atomic E-state index is 2.48. The van der Waals surface area contributed by atoms with Gasteiger partial charge in [-0.15, -0.1) is 0 Å². The van der Waals surface area contributed by atoms with E-state index in [9.17, 15) is 0 Å². The Morgan fingerprint density at radius 1 is 0.217 bits per heavy atom. The molecule has 0 amide bonds. The molecule has 13 rings (SSSR count). The average Bonchev–Trinajstić information content (AvgIpc) is 3.91. The van der Waals surface area contributed by atoms with E-state index >= 15 is 0 Å². The number of fused-ring (bicyclic) bond motifs is 10. The van der Waals surface area contributed by atoms with Crippen molar-refractivity contribution in [2.24, 2.45) is 0 Å². The maximum Gasteiger partial charge on any atom is 0.0727 e. The normalized spacial score (nSPS) is 13.9. The third-order valence-corrected chi connectivity index (χ3v) is 14.3. The van der Waals surface area contributed by atoms with Crippen molar-refractivity contribution in [3.63, 3.8) is 0 Å². The monoisotopic (exact) mass is 878 g/mol. The first-order valence-corrected chi connectivity index (χ1v) is 23.8. The molecular formula is C67H46N2. The zero-order valence-electron chi connectivity index (χ0n) is 38.0. The minimum atomic E-state index is -0.585. The van der Waals surface area contributed by atoms with Gasteiger partial charge in [-0.3, -0.25) is 0 Å². The van der Waals surface area contributed by atoms with E-state index in [1.807, 2.05) is 0 Å². The van der Waals surface area contributed by atoms with Gasteiger partial charge in [0.15, 0.2) is 0 Å². The van der Waals surface area contributed by atoms with Gasteiger partial charge in [0.05, 0.1) is 16.8 Å². The summed E-state index contributed by atoms with van der Waals surface area (Å²) in [6.45, 7) is 0. The molecule has 0 aliphatic heterocycles. The van der Waals surface area contributed by atoms with Gasteiger partial charge in [-0.1, -0.05) is 218 Å². The van der Waals surface area contributed by atoms with E-state index < -0.39 is 5.41 Å². The molecular weight excluding hydrogens is 833 g/mol. The van der Waals surface area contributed by atoms with Gasteiger partial charge in [0.1, 0.15) is 0 Å². The Morgan fingerprint density at radius 3 is 1.01 bits per heavy atom. The van der Waals surface area contributed by atoms with E-state index in [0.29, 0.717) is 0 Å². The van der Waals surface area contributed by atoms with Crippen LogP contribution >= 0.6 is 0 Å². The standard InChI is InChI=1S/C67H46N2/c1-5-20-47(21-6-1)50-38-42-54(43-39-50)68(53-27-11-4-12-28-53)63-36-18-34-61-65(63)57-30-13-15-32-59(57)67(61)60-33-16-14-31-58(60)66-62(67)35-19-37-64(66)69(55-44-40-51(41-45-55)48-22-7-2-8-23-48)56-29-17-26-52(46-56)49-24-9-3-10-25-49/h1-46H. The smallest absolute Gasteiger partial charge is 0.0727 e. The molecule has 0 radical (unpaired) electrons. The molecule has 0 N–H and O–H groups in total.